The summed E-state index contributed by atoms with van der Waals surface area (Å²) >= 11 is 5.96. The van der Waals surface area contributed by atoms with Gasteiger partial charge in [0, 0.05) is 10.4 Å². The van der Waals surface area contributed by atoms with E-state index in [1.54, 1.807) is 24.3 Å². The largest absolute Gasteiger partial charge is 0.278 e. The molecule has 0 aliphatic rings. The van der Waals surface area contributed by atoms with Crippen LogP contribution in [0.5, 0.6) is 0 Å². The smallest absolute Gasteiger partial charge is 0.277 e. The van der Waals surface area contributed by atoms with E-state index < -0.39 is 5.91 Å². The fourth-order valence-electron chi connectivity index (χ4n) is 1.87. The van der Waals surface area contributed by atoms with Crippen molar-refractivity contribution in [3.8, 4) is 0 Å². The standard InChI is InChI=1S/C11H8ClN5O2/c1-19-14-11(18)8-4-6-2-3-7(12)5-9(6)17-10(8)13-15-16-17/h2-5H,1H3,(H,14,18). The third-order valence-electron chi connectivity index (χ3n) is 2.67. The molecule has 0 aliphatic carbocycles. The third-order valence-corrected chi connectivity index (χ3v) is 2.91. The molecule has 3 aromatic rings. The van der Waals surface area contributed by atoms with Crippen LogP contribution in [0.15, 0.2) is 24.3 Å². The summed E-state index contributed by atoms with van der Waals surface area (Å²) in [7, 11) is 1.36. The Morgan fingerprint density at radius 2 is 2.26 bits per heavy atom. The van der Waals surface area contributed by atoms with Gasteiger partial charge in [0.15, 0.2) is 5.65 Å². The maximum absolute atomic E-state index is 11.9. The number of carbonyl (C=O) groups is 1. The van der Waals surface area contributed by atoms with Crippen LogP contribution in [-0.2, 0) is 4.84 Å². The number of tetrazole rings is 1. The van der Waals surface area contributed by atoms with Gasteiger partial charge in [-0.2, -0.15) is 4.52 Å². The molecule has 1 N–H and O–H groups in total. The molecule has 0 spiro atoms. The van der Waals surface area contributed by atoms with Gasteiger partial charge in [0.2, 0.25) is 0 Å². The number of carbonyl (C=O) groups excluding carboxylic acids is 1. The topological polar surface area (TPSA) is 81.4 Å². The van der Waals surface area contributed by atoms with Crippen molar-refractivity contribution in [1.82, 2.24) is 25.5 Å². The van der Waals surface area contributed by atoms with E-state index in [2.05, 4.69) is 25.8 Å². The van der Waals surface area contributed by atoms with E-state index in [9.17, 15) is 4.79 Å². The molecule has 0 fully saturated rings. The van der Waals surface area contributed by atoms with Crippen LogP contribution in [0, 0.1) is 0 Å². The van der Waals surface area contributed by atoms with Crippen molar-refractivity contribution < 1.29 is 9.63 Å². The first-order chi connectivity index (χ1) is 9.20. The summed E-state index contributed by atoms with van der Waals surface area (Å²) in [5.74, 6) is -0.417. The predicted molar refractivity (Wildman–Crippen MR) is 67.8 cm³/mol. The van der Waals surface area contributed by atoms with Crippen molar-refractivity contribution in [2.24, 2.45) is 0 Å². The molecule has 0 unspecified atom stereocenters. The molecule has 0 saturated carbocycles. The van der Waals surface area contributed by atoms with E-state index in [4.69, 9.17) is 11.6 Å². The lowest BCUT2D eigenvalue weighted by atomic mass is 10.1. The Kier molecular flexibility index (Phi) is 2.77. The highest BCUT2D eigenvalue weighted by molar-refractivity contribution is 6.31. The second-order valence-electron chi connectivity index (χ2n) is 3.81. The Bertz CT molecular complexity index is 785. The molecule has 2 aromatic heterocycles. The Morgan fingerprint density at radius 3 is 3.05 bits per heavy atom. The molecule has 0 bridgehead atoms. The van der Waals surface area contributed by atoms with Crippen molar-refractivity contribution in [3.63, 3.8) is 0 Å². The van der Waals surface area contributed by atoms with Crippen molar-refractivity contribution >= 4 is 34.1 Å². The highest BCUT2D eigenvalue weighted by atomic mass is 35.5. The van der Waals surface area contributed by atoms with Crippen LogP contribution in [-0.4, -0.2) is 33.1 Å². The lowest BCUT2D eigenvalue weighted by Crippen LogP contribution is -2.22. The fourth-order valence-corrected chi connectivity index (χ4v) is 2.04. The van der Waals surface area contributed by atoms with Crippen molar-refractivity contribution in [1.29, 1.82) is 0 Å². The number of benzene rings is 1. The number of hydrogen-bond acceptors (Lipinski definition) is 5. The van der Waals surface area contributed by atoms with Gasteiger partial charge >= 0.3 is 0 Å². The summed E-state index contributed by atoms with van der Waals surface area (Å²) in [5.41, 5.74) is 3.63. The maximum atomic E-state index is 11.9. The summed E-state index contributed by atoms with van der Waals surface area (Å²) < 4.78 is 1.46. The van der Waals surface area contributed by atoms with Gasteiger partial charge in [-0.15, -0.1) is 5.10 Å². The van der Waals surface area contributed by atoms with Crippen LogP contribution >= 0.6 is 11.6 Å². The highest BCUT2D eigenvalue weighted by Gasteiger charge is 2.16. The van der Waals surface area contributed by atoms with Gasteiger partial charge in [-0.3, -0.25) is 9.63 Å². The number of rotatable bonds is 2. The molecule has 0 radical (unpaired) electrons. The molecule has 3 rings (SSSR count). The van der Waals surface area contributed by atoms with Gasteiger partial charge in [-0.25, -0.2) is 5.48 Å². The van der Waals surface area contributed by atoms with E-state index in [1.807, 2.05) is 0 Å². The van der Waals surface area contributed by atoms with Gasteiger partial charge < -0.3 is 0 Å². The number of pyridine rings is 1. The quantitative estimate of drug-likeness (QED) is 0.712. The third kappa shape index (κ3) is 1.88. The molecule has 7 nitrogen and oxygen atoms in total. The number of fused-ring (bicyclic) bond motifs is 3. The zero-order chi connectivity index (χ0) is 13.4. The van der Waals surface area contributed by atoms with Crippen LogP contribution in [0.25, 0.3) is 16.6 Å². The molecule has 1 amide bonds. The summed E-state index contributed by atoms with van der Waals surface area (Å²) in [5, 5.41) is 12.7. The lowest BCUT2D eigenvalue weighted by Gasteiger charge is -2.06. The van der Waals surface area contributed by atoms with Crippen LogP contribution in [0.4, 0.5) is 0 Å². The summed E-state index contributed by atoms with van der Waals surface area (Å²) in [6.07, 6.45) is 0. The molecule has 96 valence electrons. The zero-order valence-electron chi connectivity index (χ0n) is 9.79. The molecule has 19 heavy (non-hydrogen) atoms. The van der Waals surface area contributed by atoms with Crippen LogP contribution in [0.1, 0.15) is 10.4 Å². The number of hydrogen-bond donors (Lipinski definition) is 1. The summed E-state index contributed by atoms with van der Waals surface area (Å²) in [6.45, 7) is 0. The molecule has 0 aliphatic heterocycles. The molecule has 2 heterocycles. The molecule has 0 atom stereocenters. The number of hydroxylamine groups is 1. The van der Waals surface area contributed by atoms with Crippen molar-refractivity contribution in [2.45, 2.75) is 0 Å². The van der Waals surface area contributed by atoms with E-state index in [0.717, 1.165) is 10.9 Å². The van der Waals surface area contributed by atoms with Crippen molar-refractivity contribution in [2.75, 3.05) is 7.11 Å². The molecular weight excluding hydrogens is 270 g/mol. The number of halogens is 1. The predicted octanol–water partition coefficient (Wildman–Crippen LogP) is 1.22. The molecule has 8 heteroatoms. The van der Waals surface area contributed by atoms with Crippen LogP contribution in [0.2, 0.25) is 5.02 Å². The average molecular weight is 278 g/mol. The van der Waals surface area contributed by atoms with E-state index in [-0.39, 0.29) is 0 Å². The highest BCUT2D eigenvalue weighted by Crippen LogP contribution is 2.22. The monoisotopic (exact) mass is 277 g/mol. The van der Waals surface area contributed by atoms with Crippen LogP contribution < -0.4 is 5.48 Å². The van der Waals surface area contributed by atoms with Gasteiger partial charge in [-0.05, 0) is 28.6 Å². The zero-order valence-corrected chi connectivity index (χ0v) is 10.5. The van der Waals surface area contributed by atoms with Gasteiger partial charge in [0.05, 0.1) is 18.2 Å². The van der Waals surface area contributed by atoms with Gasteiger partial charge in [-0.1, -0.05) is 17.7 Å². The SMILES string of the molecule is CONC(=O)c1cc2ccc(Cl)cc2n2nnnc12. The van der Waals surface area contributed by atoms with Crippen LogP contribution in [0.3, 0.4) is 0 Å². The first-order valence-electron chi connectivity index (χ1n) is 5.34. The summed E-state index contributed by atoms with van der Waals surface area (Å²) in [6, 6.07) is 6.95. The second-order valence-corrected chi connectivity index (χ2v) is 4.25. The van der Waals surface area contributed by atoms with Gasteiger partial charge in [0.1, 0.15) is 0 Å². The summed E-state index contributed by atoms with van der Waals surface area (Å²) in [4.78, 5) is 16.5. The first kappa shape index (κ1) is 11.8. The Morgan fingerprint density at radius 1 is 1.42 bits per heavy atom. The normalized spacial score (nSPS) is 11.1. The maximum Gasteiger partial charge on any atom is 0.278 e. The van der Waals surface area contributed by atoms with E-state index >= 15 is 0 Å². The minimum Gasteiger partial charge on any atom is -0.277 e. The minimum absolute atomic E-state index is 0.321. The number of nitrogens with zero attached hydrogens (tertiary/aromatic N) is 4. The molecular formula is C11H8ClN5O2. The fraction of sp³-hybridized carbons (Fsp3) is 0.0909. The van der Waals surface area contributed by atoms with Crippen molar-refractivity contribution in [3.05, 3.63) is 34.9 Å². The Balaban J connectivity index is 2.35. The average Bonchev–Trinajstić information content (AvgIpc) is 2.87. The Hall–Kier alpha value is -2.25. The molecule has 1 aromatic carbocycles. The molecule has 0 saturated heterocycles. The number of amides is 1. The number of nitrogens with one attached hydrogen (secondary N) is 1. The van der Waals surface area contributed by atoms with Gasteiger partial charge in [0.25, 0.3) is 5.91 Å². The number of aromatic nitrogens is 4. The lowest BCUT2D eigenvalue weighted by molar-refractivity contribution is 0.0539. The van der Waals surface area contributed by atoms with E-state index in [1.165, 1.54) is 11.6 Å². The minimum atomic E-state index is -0.417. The first-order valence-corrected chi connectivity index (χ1v) is 5.72. The Labute approximate surface area is 112 Å². The second kappa shape index (κ2) is 4.45. The van der Waals surface area contributed by atoms with E-state index in [0.29, 0.717) is 16.2 Å².